The first-order valence-electron chi connectivity index (χ1n) is 12.0. The number of rotatable bonds is 6. The molecule has 1 aliphatic heterocycles. The fourth-order valence-corrected chi connectivity index (χ4v) is 4.36. The van der Waals surface area contributed by atoms with Crippen molar-refractivity contribution in [2.75, 3.05) is 31.7 Å². The van der Waals surface area contributed by atoms with E-state index in [1.54, 1.807) is 30.2 Å². The molecule has 1 aliphatic rings. The summed E-state index contributed by atoms with van der Waals surface area (Å²) in [4.78, 5) is 19.1. The number of amides is 1. The van der Waals surface area contributed by atoms with E-state index in [1.165, 1.54) is 0 Å². The van der Waals surface area contributed by atoms with Gasteiger partial charge in [0, 0.05) is 37.5 Å². The molecular weight excluding hydrogens is 460 g/mol. The minimum Gasteiger partial charge on any atom is -0.492 e. The van der Waals surface area contributed by atoms with E-state index in [9.17, 15) is 10.1 Å². The second-order valence-corrected chi connectivity index (χ2v) is 9.65. The maximum Gasteiger partial charge on any atom is 0.407 e. The van der Waals surface area contributed by atoms with E-state index < -0.39 is 11.7 Å². The van der Waals surface area contributed by atoms with Gasteiger partial charge in [-0.1, -0.05) is 0 Å². The third kappa shape index (κ3) is 5.52. The van der Waals surface area contributed by atoms with E-state index in [-0.39, 0.29) is 12.1 Å². The Kier molecular flexibility index (Phi) is 7.31. The number of nitrogens with zero attached hydrogens (tertiary/aromatic N) is 5. The Hall–Kier alpha value is -3.84. The van der Waals surface area contributed by atoms with Gasteiger partial charge in [-0.2, -0.15) is 10.4 Å². The van der Waals surface area contributed by atoms with E-state index in [2.05, 4.69) is 21.4 Å². The Morgan fingerprint density at radius 2 is 2.11 bits per heavy atom. The molecule has 4 rings (SSSR count). The van der Waals surface area contributed by atoms with Gasteiger partial charge in [0.2, 0.25) is 0 Å². The third-order valence-electron chi connectivity index (χ3n) is 5.97. The molecule has 1 fully saturated rings. The summed E-state index contributed by atoms with van der Waals surface area (Å²) in [7, 11) is 1.64. The SMILES string of the molecule is CCOc1cc(-c2ccc(N3CCC(NC(=O)OC(C)(C)C)C(OC)C3)nc2)c2c(C#N)cnn2c1. The zero-order chi connectivity index (χ0) is 25.9. The zero-order valence-corrected chi connectivity index (χ0v) is 21.3. The molecule has 36 heavy (non-hydrogen) atoms. The number of hydrogen-bond acceptors (Lipinski definition) is 8. The number of aromatic nitrogens is 3. The highest BCUT2D eigenvalue weighted by Crippen LogP contribution is 2.31. The zero-order valence-electron chi connectivity index (χ0n) is 21.3. The lowest BCUT2D eigenvalue weighted by Gasteiger charge is -2.38. The van der Waals surface area contributed by atoms with Crippen molar-refractivity contribution in [2.45, 2.75) is 51.9 Å². The molecule has 3 aromatic rings. The highest BCUT2D eigenvalue weighted by atomic mass is 16.6. The van der Waals surface area contributed by atoms with Gasteiger partial charge >= 0.3 is 6.09 Å². The number of fused-ring (bicyclic) bond motifs is 1. The summed E-state index contributed by atoms with van der Waals surface area (Å²) in [6, 6.07) is 7.90. The molecule has 1 amide bonds. The lowest BCUT2D eigenvalue weighted by Crippen LogP contribution is -2.55. The number of carbonyl (C=O) groups is 1. The van der Waals surface area contributed by atoms with Crippen LogP contribution >= 0.6 is 0 Å². The lowest BCUT2D eigenvalue weighted by atomic mass is 10.0. The first kappa shape index (κ1) is 25.3. The molecule has 2 unspecified atom stereocenters. The molecule has 0 spiro atoms. The molecule has 10 heteroatoms. The van der Waals surface area contributed by atoms with Crippen LogP contribution in [-0.4, -0.2) is 65.2 Å². The van der Waals surface area contributed by atoms with Crippen LogP contribution in [0.15, 0.2) is 36.8 Å². The Bertz CT molecular complexity index is 1260. The highest BCUT2D eigenvalue weighted by molar-refractivity contribution is 5.85. The van der Waals surface area contributed by atoms with Gasteiger partial charge in [-0.3, -0.25) is 0 Å². The van der Waals surface area contributed by atoms with Crippen LogP contribution in [0.3, 0.4) is 0 Å². The molecule has 10 nitrogen and oxygen atoms in total. The summed E-state index contributed by atoms with van der Waals surface area (Å²) in [6.45, 7) is 9.24. The monoisotopic (exact) mass is 492 g/mol. The molecular formula is C26H32N6O4. The number of hydrogen-bond donors (Lipinski definition) is 1. The molecule has 190 valence electrons. The van der Waals surface area contributed by atoms with Crippen molar-refractivity contribution in [3.63, 3.8) is 0 Å². The van der Waals surface area contributed by atoms with Gasteiger partial charge in [0.05, 0.1) is 42.2 Å². The average Bonchev–Trinajstić information content (AvgIpc) is 3.26. The number of pyridine rings is 2. The standard InChI is InChI=1S/C26H32N6O4/c1-6-35-19-11-20(24-18(12-27)14-29-32(24)15-19)17-7-8-23(28-13-17)31-10-9-21(22(16-31)34-5)30-25(33)36-26(2,3)4/h7-8,11,13-15,21-22H,6,9-10,16H2,1-5H3,(H,30,33). The smallest absolute Gasteiger partial charge is 0.407 e. The van der Waals surface area contributed by atoms with Crippen LogP contribution in [0.25, 0.3) is 16.6 Å². The number of nitrogens with one attached hydrogen (secondary N) is 1. The minimum atomic E-state index is -0.558. The number of anilines is 1. The van der Waals surface area contributed by atoms with Crippen molar-refractivity contribution in [3.05, 3.63) is 42.4 Å². The van der Waals surface area contributed by atoms with Crippen molar-refractivity contribution in [2.24, 2.45) is 0 Å². The summed E-state index contributed by atoms with van der Waals surface area (Å²) in [6.07, 6.45) is 5.16. The molecule has 4 heterocycles. The van der Waals surface area contributed by atoms with Gasteiger partial charge in [0.25, 0.3) is 0 Å². The average molecular weight is 493 g/mol. The van der Waals surface area contributed by atoms with E-state index in [0.29, 0.717) is 42.9 Å². The maximum atomic E-state index is 12.2. The fourth-order valence-electron chi connectivity index (χ4n) is 4.36. The van der Waals surface area contributed by atoms with Crippen molar-refractivity contribution in [1.82, 2.24) is 19.9 Å². The molecule has 0 radical (unpaired) electrons. The van der Waals surface area contributed by atoms with Crippen LogP contribution in [0.2, 0.25) is 0 Å². The number of carbonyl (C=O) groups excluding carboxylic acids is 1. The predicted molar refractivity (Wildman–Crippen MR) is 135 cm³/mol. The number of alkyl carbamates (subject to hydrolysis) is 1. The van der Waals surface area contributed by atoms with Crippen LogP contribution in [0.5, 0.6) is 5.75 Å². The van der Waals surface area contributed by atoms with E-state index in [0.717, 1.165) is 16.9 Å². The third-order valence-corrected chi connectivity index (χ3v) is 5.97. The summed E-state index contributed by atoms with van der Waals surface area (Å²) in [5.74, 6) is 1.47. The van der Waals surface area contributed by atoms with Crippen molar-refractivity contribution in [3.8, 4) is 22.9 Å². The lowest BCUT2D eigenvalue weighted by molar-refractivity contribution is 0.0297. The highest BCUT2D eigenvalue weighted by Gasteiger charge is 2.32. The maximum absolute atomic E-state index is 12.2. The Morgan fingerprint density at radius 1 is 1.31 bits per heavy atom. The number of ether oxygens (including phenoxy) is 3. The first-order valence-corrected chi connectivity index (χ1v) is 12.0. The predicted octanol–water partition coefficient (Wildman–Crippen LogP) is 3.79. The van der Waals surface area contributed by atoms with Crippen molar-refractivity contribution >= 4 is 17.4 Å². The summed E-state index contributed by atoms with van der Waals surface area (Å²) < 4.78 is 18.5. The van der Waals surface area contributed by atoms with Crippen molar-refractivity contribution < 1.29 is 19.0 Å². The fraction of sp³-hybridized carbons (Fsp3) is 0.462. The summed E-state index contributed by atoms with van der Waals surface area (Å²) in [5, 5.41) is 16.8. The molecule has 2 atom stereocenters. The van der Waals surface area contributed by atoms with Crippen LogP contribution in [-0.2, 0) is 9.47 Å². The van der Waals surface area contributed by atoms with Crippen LogP contribution in [0.4, 0.5) is 10.6 Å². The Morgan fingerprint density at radius 3 is 2.75 bits per heavy atom. The minimum absolute atomic E-state index is 0.152. The van der Waals surface area contributed by atoms with E-state index >= 15 is 0 Å². The molecule has 0 bridgehead atoms. The number of methoxy groups -OCH3 is 1. The quantitative estimate of drug-likeness (QED) is 0.553. The van der Waals surface area contributed by atoms with Crippen LogP contribution in [0, 0.1) is 11.3 Å². The summed E-state index contributed by atoms with van der Waals surface area (Å²) >= 11 is 0. The Labute approximate surface area is 210 Å². The second-order valence-electron chi connectivity index (χ2n) is 9.65. The van der Waals surface area contributed by atoms with Crippen LogP contribution in [0.1, 0.15) is 39.7 Å². The first-order chi connectivity index (χ1) is 17.2. The molecule has 0 aliphatic carbocycles. The van der Waals surface area contributed by atoms with Gasteiger partial charge in [0.1, 0.15) is 23.2 Å². The van der Waals surface area contributed by atoms with Gasteiger partial charge in [-0.15, -0.1) is 0 Å². The molecule has 1 saturated heterocycles. The van der Waals surface area contributed by atoms with E-state index in [4.69, 9.17) is 19.2 Å². The topological polar surface area (TPSA) is 114 Å². The van der Waals surface area contributed by atoms with Gasteiger partial charge < -0.3 is 24.4 Å². The number of nitriles is 1. The normalized spacial score (nSPS) is 18.1. The number of piperidine rings is 1. The largest absolute Gasteiger partial charge is 0.492 e. The van der Waals surface area contributed by atoms with E-state index in [1.807, 2.05) is 45.9 Å². The molecule has 0 saturated carbocycles. The van der Waals surface area contributed by atoms with Crippen molar-refractivity contribution in [1.29, 1.82) is 5.26 Å². The Balaban J connectivity index is 1.53. The molecule has 3 aromatic heterocycles. The summed E-state index contributed by atoms with van der Waals surface area (Å²) in [5.41, 5.74) is 2.32. The van der Waals surface area contributed by atoms with Gasteiger partial charge in [-0.25, -0.2) is 14.3 Å². The van der Waals surface area contributed by atoms with Crippen LogP contribution < -0.4 is 15.0 Å². The second kappa shape index (κ2) is 10.4. The molecule has 0 aromatic carbocycles. The van der Waals surface area contributed by atoms with Gasteiger partial charge in [-0.05, 0) is 52.3 Å². The molecule has 1 N–H and O–H groups in total. The van der Waals surface area contributed by atoms with Gasteiger partial charge in [0.15, 0.2) is 0 Å².